The van der Waals surface area contributed by atoms with Crippen LogP contribution in [0.5, 0.6) is 5.75 Å². The maximum Gasteiger partial charge on any atom is 0.339 e. The minimum atomic E-state index is -4.06. The Kier molecular flexibility index (Phi) is 7.07. The Hall–Kier alpha value is -2.78. The molecule has 1 saturated heterocycles. The van der Waals surface area contributed by atoms with Gasteiger partial charge in [-0.15, -0.1) is 0 Å². The van der Waals surface area contributed by atoms with Gasteiger partial charge < -0.3 is 14.4 Å². The van der Waals surface area contributed by atoms with Crippen molar-refractivity contribution in [3.63, 3.8) is 0 Å². The van der Waals surface area contributed by atoms with Crippen molar-refractivity contribution in [2.45, 2.75) is 24.2 Å². The van der Waals surface area contributed by atoms with E-state index >= 15 is 0 Å². The van der Waals surface area contributed by atoms with Crippen molar-refractivity contribution in [3.8, 4) is 5.75 Å². The van der Waals surface area contributed by atoms with Gasteiger partial charge in [0.15, 0.2) is 0 Å². The van der Waals surface area contributed by atoms with Crippen LogP contribution >= 0.6 is 11.6 Å². The second kappa shape index (κ2) is 9.57. The highest BCUT2D eigenvalue weighted by atomic mass is 35.5. The summed E-state index contributed by atoms with van der Waals surface area (Å²) in [6.07, 6.45) is 2.88. The quantitative estimate of drug-likeness (QED) is 0.653. The fraction of sp³-hybridized carbons (Fsp3) is 0.333. The first-order chi connectivity index (χ1) is 14.8. The van der Waals surface area contributed by atoms with E-state index in [4.69, 9.17) is 16.3 Å². The van der Waals surface area contributed by atoms with Gasteiger partial charge in [0.1, 0.15) is 5.75 Å². The Morgan fingerprint density at radius 3 is 2.35 bits per heavy atom. The Morgan fingerprint density at radius 1 is 1.00 bits per heavy atom. The van der Waals surface area contributed by atoms with Crippen molar-refractivity contribution in [2.75, 3.05) is 32.0 Å². The molecular weight excluding hydrogens is 444 g/mol. The second-order valence-corrected chi connectivity index (χ2v) is 9.10. The summed E-state index contributed by atoms with van der Waals surface area (Å²) in [6, 6.07) is 8.21. The third kappa shape index (κ3) is 5.11. The van der Waals surface area contributed by atoms with Crippen molar-refractivity contribution in [1.29, 1.82) is 0 Å². The molecule has 0 atom stereocenters. The lowest BCUT2D eigenvalue weighted by molar-refractivity contribution is 0.0600. The fourth-order valence-corrected chi connectivity index (χ4v) is 4.63. The molecule has 1 fully saturated rings. The zero-order valence-electron chi connectivity index (χ0n) is 17.2. The van der Waals surface area contributed by atoms with E-state index in [1.807, 2.05) is 0 Å². The lowest BCUT2D eigenvalue weighted by atomic mass is 10.1. The molecule has 3 rings (SSSR count). The highest BCUT2D eigenvalue weighted by molar-refractivity contribution is 7.92. The van der Waals surface area contributed by atoms with E-state index in [2.05, 4.69) is 9.46 Å². The van der Waals surface area contributed by atoms with Crippen molar-refractivity contribution < 1.29 is 27.5 Å². The number of carbonyl (C=O) groups is 2. The average Bonchev–Trinajstić information content (AvgIpc) is 2.79. The molecule has 0 unspecified atom stereocenters. The number of rotatable bonds is 6. The molecule has 2 aromatic rings. The summed E-state index contributed by atoms with van der Waals surface area (Å²) >= 11 is 5.99. The first kappa shape index (κ1) is 22.9. The molecule has 1 aliphatic heterocycles. The van der Waals surface area contributed by atoms with Gasteiger partial charge in [0.05, 0.1) is 35.3 Å². The maximum atomic E-state index is 13.0. The number of benzene rings is 2. The second-order valence-electron chi connectivity index (χ2n) is 7.01. The normalized spacial score (nSPS) is 14.1. The SMILES string of the molecule is COC(=O)c1cc(NS(=O)(=O)c2ccc(OC)c(C(=O)N3CCCCC3)c2)ccc1Cl. The van der Waals surface area contributed by atoms with Gasteiger partial charge in [0, 0.05) is 18.8 Å². The smallest absolute Gasteiger partial charge is 0.339 e. The molecule has 2 aromatic carbocycles. The Labute approximate surface area is 186 Å². The molecule has 0 bridgehead atoms. The molecule has 0 aromatic heterocycles. The first-order valence-electron chi connectivity index (χ1n) is 9.65. The van der Waals surface area contributed by atoms with Crippen LogP contribution in [0.1, 0.15) is 40.0 Å². The van der Waals surface area contributed by atoms with Crippen molar-refractivity contribution in [2.24, 2.45) is 0 Å². The number of sulfonamides is 1. The number of carbonyl (C=O) groups excluding carboxylic acids is 2. The van der Waals surface area contributed by atoms with Crippen molar-refractivity contribution in [1.82, 2.24) is 4.90 Å². The molecule has 10 heteroatoms. The van der Waals surface area contributed by atoms with E-state index in [1.54, 1.807) is 4.90 Å². The summed E-state index contributed by atoms with van der Waals surface area (Å²) < 4.78 is 38.3. The number of methoxy groups -OCH3 is 2. The van der Waals surface area contributed by atoms with E-state index in [-0.39, 0.29) is 32.6 Å². The van der Waals surface area contributed by atoms with E-state index < -0.39 is 16.0 Å². The Bertz CT molecular complexity index is 1100. The van der Waals surface area contributed by atoms with Crippen LogP contribution in [0.25, 0.3) is 0 Å². The lowest BCUT2D eigenvalue weighted by Crippen LogP contribution is -2.35. The van der Waals surface area contributed by atoms with Crippen LogP contribution in [0.3, 0.4) is 0 Å². The number of likely N-dealkylation sites (tertiary alicyclic amines) is 1. The standard InChI is InChI=1S/C21H23ClN2O6S/c1-29-19-9-7-15(13-17(19)20(25)24-10-4-3-5-11-24)31(27,28)23-14-6-8-18(22)16(12-14)21(26)30-2/h6-9,12-13,23H,3-5,10-11H2,1-2H3. The summed E-state index contributed by atoms with van der Waals surface area (Å²) in [5, 5.41) is 0.133. The third-order valence-corrected chi connectivity index (χ3v) is 6.69. The summed E-state index contributed by atoms with van der Waals surface area (Å²) in [5.74, 6) is -0.660. The number of anilines is 1. The number of piperidine rings is 1. The number of halogens is 1. The maximum absolute atomic E-state index is 13.0. The minimum Gasteiger partial charge on any atom is -0.496 e. The number of amides is 1. The van der Waals surface area contributed by atoms with E-state index in [1.165, 1.54) is 50.6 Å². The van der Waals surface area contributed by atoms with Gasteiger partial charge in [-0.05, 0) is 55.7 Å². The molecule has 0 saturated carbocycles. The topological polar surface area (TPSA) is 102 Å². The van der Waals surface area contributed by atoms with Gasteiger partial charge in [-0.25, -0.2) is 13.2 Å². The molecule has 0 radical (unpaired) electrons. The van der Waals surface area contributed by atoms with Crippen LogP contribution in [0.15, 0.2) is 41.3 Å². The van der Waals surface area contributed by atoms with Crippen LogP contribution in [0, 0.1) is 0 Å². The van der Waals surface area contributed by atoms with E-state index in [9.17, 15) is 18.0 Å². The molecule has 1 amide bonds. The zero-order valence-corrected chi connectivity index (χ0v) is 18.8. The van der Waals surface area contributed by atoms with Crippen LogP contribution in [0.2, 0.25) is 5.02 Å². The van der Waals surface area contributed by atoms with Gasteiger partial charge in [0.2, 0.25) is 0 Å². The largest absolute Gasteiger partial charge is 0.496 e. The van der Waals surface area contributed by atoms with Crippen LogP contribution in [0.4, 0.5) is 5.69 Å². The highest BCUT2D eigenvalue weighted by Gasteiger charge is 2.25. The molecule has 1 heterocycles. The number of esters is 1. The monoisotopic (exact) mass is 466 g/mol. The van der Waals surface area contributed by atoms with Gasteiger partial charge in [-0.2, -0.15) is 0 Å². The van der Waals surface area contributed by atoms with Crippen molar-refractivity contribution >= 4 is 39.2 Å². The van der Waals surface area contributed by atoms with Gasteiger partial charge in [-0.3, -0.25) is 9.52 Å². The van der Waals surface area contributed by atoms with Gasteiger partial charge in [-0.1, -0.05) is 11.6 Å². The molecule has 166 valence electrons. The third-order valence-electron chi connectivity index (χ3n) is 4.98. The molecule has 31 heavy (non-hydrogen) atoms. The Morgan fingerprint density at radius 2 is 1.71 bits per heavy atom. The highest BCUT2D eigenvalue weighted by Crippen LogP contribution is 2.28. The lowest BCUT2D eigenvalue weighted by Gasteiger charge is -2.27. The van der Waals surface area contributed by atoms with Crippen molar-refractivity contribution in [3.05, 3.63) is 52.5 Å². The molecule has 8 nitrogen and oxygen atoms in total. The number of hydrogen-bond donors (Lipinski definition) is 1. The first-order valence-corrected chi connectivity index (χ1v) is 11.5. The minimum absolute atomic E-state index is 0.0278. The summed E-state index contributed by atoms with van der Waals surface area (Å²) in [6.45, 7) is 1.25. The zero-order chi connectivity index (χ0) is 22.6. The number of hydrogen-bond acceptors (Lipinski definition) is 6. The van der Waals surface area contributed by atoms with E-state index in [0.29, 0.717) is 18.8 Å². The number of nitrogens with one attached hydrogen (secondary N) is 1. The summed E-state index contributed by atoms with van der Waals surface area (Å²) in [7, 11) is -1.43. The fourth-order valence-electron chi connectivity index (χ4n) is 3.36. The molecule has 0 aliphatic carbocycles. The number of nitrogens with zero attached hydrogens (tertiary/aromatic N) is 1. The molecular formula is C21H23ClN2O6S. The van der Waals surface area contributed by atoms with Crippen LogP contribution < -0.4 is 9.46 Å². The predicted molar refractivity (Wildman–Crippen MR) is 116 cm³/mol. The van der Waals surface area contributed by atoms with E-state index in [0.717, 1.165) is 19.3 Å². The van der Waals surface area contributed by atoms with Gasteiger partial charge in [0.25, 0.3) is 15.9 Å². The molecule has 0 spiro atoms. The average molecular weight is 467 g/mol. The summed E-state index contributed by atoms with van der Waals surface area (Å²) in [4.78, 5) is 26.4. The molecule has 1 N–H and O–H groups in total. The van der Waals surface area contributed by atoms with Gasteiger partial charge >= 0.3 is 5.97 Å². The predicted octanol–water partition coefficient (Wildman–Crippen LogP) is 3.56. The summed E-state index contributed by atoms with van der Waals surface area (Å²) in [5.41, 5.74) is 0.336. The van der Waals surface area contributed by atoms with Crippen LogP contribution in [-0.4, -0.2) is 52.5 Å². The van der Waals surface area contributed by atoms with Crippen LogP contribution in [-0.2, 0) is 14.8 Å². The Balaban J connectivity index is 1.93. The number of ether oxygens (including phenoxy) is 2. The molecule has 1 aliphatic rings.